The summed E-state index contributed by atoms with van der Waals surface area (Å²) in [5.41, 5.74) is 1.17. The summed E-state index contributed by atoms with van der Waals surface area (Å²) in [6.45, 7) is 3.87. The quantitative estimate of drug-likeness (QED) is 0.529. The number of hydrogen-bond acceptors (Lipinski definition) is 7. The molecule has 1 amide bonds. The van der Waals surface area contributed by atoms with Gasteiger partial charge < -0.3 is 24.8 Å². The maximum absolute atomic E-state index is 12.6. The monoisotopic (exact) mass is 484 g/mol. The molecule has 0 saturated carbocycles. The topological polar surface area (TPSA) is 101 Å². The number of pyridine rings is 1. The first-order valence-corrected chi connectivity index (χ1v) is 11.8. The number of halogens is 1. The van der Waals surface area contributed by atoms with Crippen molar-refractivity contribution in [3.8, 4) is 5.75 Å². The number of benzene rings is 1. The molecule has 0 spiro atoms. The molecule has 0 unspecified atom stereocenters. The number of aryl methyl sites for hydroxylation is 1. The zero-order valence-electron chi connectivity index (χ0n) is 19.6. The van der Waals surface area contributed by atoms with Crippen LogP contribution in [0, 0.1) is 5.92 Å². The minimum absolute atomic E-state index is 0.105. The van der Waals surface area contributed by atoms with Gasteiger partial charge in [-0.2, -0.15) is 4.98 Å². The van der Waals surface area contributed by atoms with E-state index < -0.39 is 0 Å². The maximum atomic E-state index is 12.6. The Morgan fingerprint density at radius 1 is 1.26 bits per heavy atom. The number of likely N-dealkylation sites (N-methyl/N-ethyl adjacent to an activating group) is 1. The normalized spacial score (nSPS) is 14.3. The standard InChI is InChI=1S/C24H29ClN6O3/c1-4-15-7-9-31(10-8-15)24-27-13-18(25)22(29-24)28-17-5-6-19-16(11-17)12-20(23(33)30(19)3)34-14-21(32)26-2/h5-6,11-13,15H,4,7-10,14H2,1-3H3,(H,26,32)(H,27,28,29). The third kappa shape index (κ3) is 5.09. The highest BCUT2D eigenvalue weighted by atomic mass is 35.5. The Morgan fingerprint density at radius 2 is 2.03 bits per heavy atom. The SMILES string of the molecule is CCC1CCN(c2ncc(Cl)c(Nc3ccc4c(c3)cc(OCC(=O)NC)c(=O)n4C)n2)CC1. The summed E-state index contributed by atoms with van der Waals surface area (Å²) < 4.78 is 6.94. The summed E-state index contributed by atoms with van der Waals surface area (Å²) in [6, 6.07) is 7.22. The first-order chi connectivity index (χ1) is 16.4. The van der Waals surface area contributed by atoms with E-state index in [1.807, 2.05) is 18.2 Å². The largest absolute Gasteiger partial charge is 0.478 e. The molecule has 180 valence electrons. The molecule has 0 aliphatic carbocycles. The van der Waals surface area contributed by atoms with Crippen molar-refractivity contribution in [2.24, 2.45) is 13.0 Å². The molecule has 2 aromatic heterocycles. The van der Waals surface area contributed by atoms with Gasteiger partial charge in [-0.25, -0.2) is 4.98 Å². The molecule has 3 heterocycles. The number of piperidine rings is 1. The fourth-order valence-corrected chi connectivity index (χ4v) is 4.26. The summed E-state index contributed by atoms with van der Waals surface area (Å²) in [4.78, 5) is 35.4. The highest BCUT2D eigenvalue weighted by Gasteiger charge is 2.20. The van der Waals surface area contributed by atoms with Crippen LogP contribution in [0.4, 0.5) is 17.5 Å². The average molecular weight is 485 g/mol. The van der Waals surface area contributed by atoms with E-state index in [1.54, 1.807) is 19.3 Å². The maximum Gasteiger partial charge on any atom is 0.293 e. The summed E-state index contributed by atoms with van der Waals surface area (Å²) in [7, 11) is 3.18. The van der Waals surface area contributed by atoms with Crippen molar-refractivity contribution in [2.45, 2.75) is 26.2 Å². The zero-order chi connectivity index (χ0) is 24.2. The van der Waals surface area contributed by atoms with Gasteiger partial charge in [0.1, 0.15) is 5.02 Å². The Labute approximate surface area is 203 Å². The molecule has 0 radical (unpaired) electrons. The minimum Gasteiger partial charge on any atom is -0.478 e. The van der Waals surface area contributed by atoms with Gasteiger partial charge in [0.05, 0.1) is 11.7 Å². The Balaban J connectivity index is 1.59. The minimum atomic E-state index is -0.314. The lowest BCUT2D eigenvalue weighted by atomic mass is 9.95. The molecule has 2 N–H and O–H groups in total. The van der Waals surface area contributed by atoms with Gasteiger partial charge in [-0.05, 0) is 43.0 Å². The van der Waals surface area contributed by atoms with Crippen LogP contribution in [0.25, 0.3) is 10.9 Å². The van der Waals surface area contributed by atoms with E-state index >= 15 is 0 Å². The number of rotatable bonds is 7. The molecular formula is C24H29ClN6O3. The fourth-order valence-electron chi connectivity index (χ4n) is 4.13. The van der Waals surface area contributed by atoms with Crippen molar-refractivity contribution in [1.29, 1.82) is 0 Å². The number of ether oxygens (including phenoxy) is 1. The Bertz CT molecular complexity index is 1250. The smallest absolute Gasteiger partial charge is 0.293 e. The number of nitrogens with zero attached hydrogens (tertiary/aromatic N) is 4. The van der Waals surface area contributed by atoms with Gasteiger partial charge in [-0.1, -0.05) is 24.9 Å². The molecule has 10 heteroatoms. The third-order valence-corrected chi connectivity index (χ3v) is 6.57. The second-order valence-corrected chi connectivity index (χ2v) is 8.85. The Kier molecular flexibility index (Phi) is 7.21. The van der Waals surface area contributed by atoms with Crippen LogP contribution < -0.4 is 25.8 Å². The first kappa shape index (κ1) is 23.8. The Morgan fingerprint density at radius 3 is 2.74 bits per heavy atom. The lowest BCUT2D eigenvalue weighted by molar-refractivity contribution is -0.122. The lowest BCUT2D eigenvalue weighted by Crippen LogP contribution is -2.34. The van der Waals surface area contributed by atoms with Crippen molar-refractivity contribution >= 4 is 45.9 Å². The highest BCUT2D eigenvalue weighted by molar-refractivity contribution is 6.32. The predicted octanol–water partition coefficient (Wildman–Crippen LogP) is 3.48. The molecule has 9 nitrogen and oxygen atoms in total. The van der Waals surface area contributed by atoms with E-state index in [2.05, 4.69) is 32.4 Å². The Hall–Kier alpha value is -3.33. The first-order valence-electron chi connectivity index (χ1n) is 11.4. The number of anilines is 3. The molecule has 1 aromatic carbocycles. The third-order valence-electron chi connectivity index (χ3n) is 6.30. The number of amides is 1. The van der Waals surface area contributed by atoms with Crippen LogP contribution >= 0.6 is 11.6 Å². The van der Waals surface area contributed by atoms with E-state index in [0.717, 1.165) is 48.4 Å². The van der Waals surface area contributed by atoms with Crippen molar-refractivity contribution in [3.05, 3.63) is 45.8 Å². The zero-order valence-corrected chi connectivity index (χ0v) is 20.4. The van der Waals surface area contributed by atoms with Crippen molar-refractivity contribution in [3.63, 3.8) is 0 Å². The fraction of sp³-hybridized carbons (Fsp3) is 0.417. The summed E-state index contributed by atoms with van der Waals surface area (Å²) >= 11 is 6.40. The molecule has 1 aliphatic rings. The van der Waals surface area contributed by atoms with Crippen LogP contribution in [-0.4, -0.2) is 47.2 Å². The van der Waals surface area contributed by atoms with E-state index in [4.69, 9.17) is 16.3 Å². The van der Waals surface area contributed by atoms with E-state index in [1.165, 1.54) is 18.0 Å². The average Bonchev–Trinajstić information content (AvgIpc) is 2.86. The highest BCUT2D eigenvalue weighted by Crippen LogP contribution is 2.29. The van der Waals surface area contributed by atoms with Crippen molar-refractivity contribution in [1.82, 2.24) is 19.9 Å². The number of carbonyl (C=O) groups is 1. The molecule has 0 atom stereocenters. The summed E-state index contributed by atoms with van der Waals surface area (Å²) in [6.07, 6.45) is 5.10. The second kappa shape index (κ2) is 10.3. The predicted molar refractivity (Wildman–Crippen MR) is 134 cm³/mol. The number of nitrogens with one attached hydrogen (secondary N) is 2. The van der Waals surface area contributed by atoms with Gasteiger partial charge in [0, 0.05) is 38.3 Å². The molecular weight excluding hydrogens is 456 g/mol. The van der Waals surface area contributed by atoms with Crippen LogP contribution in [0.2, 0.25) is 5.02 Å². The van der Waals surface area contributed by atoms with Crippen molar-refractivity contribution in [2.75, 3.05) is 37.0 Å². The van der Waals surface area contributed by atoms with E-state index in [9.17, 15) is 9.59 Å². The van der Waals surface area contributed by atoms with Gasteiger partial charge in [-0.15, -0.1) is 0 Å². The van der Waals surface area contributed by atoms with E-state index in [-0.39, 0.29) is 23.8 Å². The molecule has 34 heavy (non-hydrogen) atoms. The summed E-state index contributed by atoms with van der Waals surface area (Å²) in [5, 5.41) is 6.93. The van der Waals surface area contributed by atoms with Crippen LogP contribution in [0.5, 0.6) is 5.75 Å². The number of aromatic nitrogens is 3. The number of carbonyl (C=O) groups excluding carboxylic acids is 1. The molecule has 3 aromatic rings. The number of hydrogen-bond donors (Lipinski definition) is 2. The second-order valence-electron chi connectivity index (χ2n) is 8.44. The molecule has 4 rings (SSSR count). The molecule has 1 aliphatic heterocycles. The van der Waals surface area contributed by atoms with Crippen LogP contribution in [-0.2, 0) is 11.8 Å². The number of fused-ring (bicyclic) bond motifs is 1. The van der Waals surface area contributed by atoms with Gasteiger partial charge in [0.15, 0.2) is 18.2 Å². The summed E-state index contributed by atoms with van der Waals surface area (Å²) in [5.74, 6) is 1.73. The van der Waals surface area contributed by atoms with Crippen LogP contribution in [0.1, 0.15) is 26.2 Å². The van der Waals surface area contributed by atoms with Gasteiger partial charge in [0.2, 0.25) is 5.95 Å². The van der Waals surface area contributed by atoms with Gasteiger partial charge in [0.25, 0.3) is 11.5 Å². The lowest BCUT2D eigenvalue weighted by Gasteiger charge is -2.31. The molecule has 1 saturated heterocycles. The van der Waals surface area contributed by atoms with Gasteiger partial charge in [-0.3, -0.25) is 9.59 Å². The molecule has 1 fully saturated rings. The van der Waals surface area contributed by atoms with Crippen LogP contribution in [0.15, 0.2) is 35.3 Å². The molecule has 0 bridgehead atoms. The van der Waals surface area contributed by atoms with E-state index in [0.29, 0.717) is 16.8 Å². The van der Waals surface area contributed by atoms with Gasteiger partial charge >= 0.3 is 0 Å². The van der Waals surface area contributed by atoms with Crippen LogP contribution in [0.3, 0.4) is 0 Å². The van der Waals surface area contributed by atoms with Crippen molar-refractivity contribution < 1.29 is 9.53 Å².